The summed E-state index contributed by atoms with van der Waals surface area (Å²) in [5.41, 5.74) is 8.42. The van der Waals surface area contributed by atoms with Crippen LogP contribution in [0.25, 0.3) is 11.3 Å². The first-order valence-electron chi connectivity index (χ1n) is 8.30. The Morgan fingerprint density at radius 2 is 2.24 bits per heavy atom. The summed E-state index contributed by atoms with van der Waals surface area (Å²) in [6.45, 7) is 3.18. The summed E-state index contributed by atoms with van der Waals surface area (Å²) < 4.78 is 7.25. The summed E-state index contributed by atoms with van der Waals surface area (Å²) in [7, 11) is 1.66. The van der Waals surface area contributed by atoms with Crippen LogP contribution in [-0.2, 0) is 0 Å². The van der Waals surface area contributed by atoms with Gasteiger partial charge < -0.3 is 15.8 Å². The standard InChI is InChI=1S/C18H23N5O2/c1-25-17-5-3-2-4-16(17)23-13-15(12-21-23)14-6-9-22(10-7-14)11-8-20-18(19)24/h2-6,12-13H,7-11H2,1H3,(H3,19,20,24). The highest BCUT2D eigenvalue weighted by molar-refractivity contribution is 5.71. The molecule has 0 unspecified atom stereocenters. The molecule has 0 saturated carbocycles. The van der Waals surface area contributed by atoms with Crippen molar-refractivity contribution >= 4 is 11.6 Å². The molecule has 3 rings (SSSR count). The molecule has 2 heterocycles. The summed E-state index contributed by atoms with van der Waals surface area (Å²) in [5, 5.41) is 7.10. The molecule has 0 bridgehead atoms. The summed E-state index contributed by atoms with van der Waals surface area (Å²) in [6.07, 6.45) is 7.10. The first-order chi connectivity index (χ1) is 12.2. The van der Waals surface area contributed by atoms with Crippen LogP contribution in [0.4, 0.5) is 4.79 Å². The first kappa shape index (κ1) is 17.0. The normalized spacial score (nSPS) is 14.8. The minimum absolute atomic E-state index is 0.475. The van der Waals surface area contributed by atoms with Gasteiger partial charge >= 0.3 is 6.03 Å². The molecule has 2 aromatic rings. The second-order valence-corrected chi connectivity index (χ2v) is 5.92. The molecule has 25 heavy (non-hydrogen) atoms. The molecule has 0 radical (unpaired) electrons. The Bertz CT molecular complexity index is 768. The summed E-state index contributed by atoms with van der Waals surface area (Å²) >= 11 is 0. The maximum Gasteiger partial charge on any atom is 0.312 e. The van der Waals surface area contributed by atoms with Gasteiger partial charge in [-0.15, -0.1) is 0 Å². The molecule has 1 aliphatic heterocycles. The monoisotopic (exact) mass is 341 g/mol. The summed E-state index contributed by atoms with van der Waals surface area (Å²) in [4.78, 5) is 13.0. The SMILES string of the molecule is COc1ccccc1-n1cc(C2=CCN(CCNC(N)=O)CC2)cn1. The maximum atomic E-state index is 10.7. The smallest absolute Gasteiger partial charge is 0.312 e. The number of amides is 2. The van der Waals surface area contributed by atoms with Crippen LogP contribution in [-0.4, -0.2) is 54.0 Å². The van der Waals surface area contributed by atoms with E-state index < -0.39 is 6.03 Å². The fraction of sp³-hybridized carbons (Fsp3) is 0.333. The number of nitrogens with two attached hydrogens (primary N) is 1. The number of para-hydroxylation sites is 2. The third-order valence-corrected chi connectivity index (χ3v) is 4.31. The Kier molecular flexibility index (Phi) is 5.35. The highest BCUT2D eigenvalue weighted by atomic mass is 16.5. The lowest BCUT2D eigenvalue weighted by atomic mass is 10.0. The van der Waals surface area contributed by atoms with Gasteiger partial charge in [0.15, 0.2) is 0 Å². The summed E-state index contributed by atoms with van der Waals surface area (Å²) in [6, 6.07) is 7.35. The van der Waals surface area contributed by atoms with E-state index in [2.05, 4.69) is 21.4 Å². The van der Waals surface area contributed by atoms with Gasteiger partial charge in [0.2, 0.25) is 0 Å². The molecule has 0 saturated heterocycles. The largest absolute Gasteiger partial charge is 0.494 e. The molecule has 0 spiro atoms. The van der Waals surface area contributed by atoms with Crippen LogP contribution >= 0.6 is 0 Å². The fourth-order valence-electron chi connectivity index (χ4n) is 2.95. The van der Waals surface area contributed by atoms with Gasteiger partial charge in [-0.1, -0.05) is 18.2 Å². The number of primary amides is 1. The highest BCUT2D eigenvalue weighted by Gasteiger charge is 2.15. The number of carbonyl (C=O) groups is 1. The van der Waals surface area contributed by atoms with Crippen LogP contribution < -0.4 is 15.8 Å². The molecule has 2 amide bonds. The van der Waals surface area contributed by atoms with Crippen molar-refractivity contribution in [3.63, 3.8) is 0 Å². The van der Waals surface area contributed by atoms with Gasteiger partial charge in [0.25, 0.3) is 0 Å². The average molecular weight is 341 g/mol. The van der Waals surface area contributed by atoms with Gasteiger partial charge in [-0.3, -0.25) is 4.90 Å². The van der Waals surface area contributed by atoms with E-state index >= 15 is 0 Å². The Morgan fingerprint density at radius 1 is 1.40 bits per heavy atom. The number of methoxy groups -OCH3 is 1. The van der Waals surface area contributed by atoms with Gasteiger partial charge in [0, 0.05) is 37.9 Å². The van der Waals surface area contributed by atoms with E-state index in [1.807, 2.05) is 41.3 Å². The van der Waals surface area contributed by atoms with Crippen molar-refractivity contribution < 1.29 is 9.53 Å². The van der Waals surface area contributed by atoms with Crippen LogP contribution in [0.1, 0.15) is 12.0 Å². The van der Waals surface area contributed by atoms with Crippen molar-refractivity contribution in [3.05, 3.63) is 48.3 Å². The topological polar surface area (TPSA) is 85.4 Å². The minimum Gasteiger partial charge on any atom is -0.494 e. The Morgan fingerprint density at radius 3 is 2.96 bits per heavy atom. The molecule has 0 fully saturated rings. The Hall–Kier alpha value is -2.80. The predicted molar refractivity (Wildman–Crippen MR) is 96.7 cm³/mol. The number of nitrogens with one attached hydrogen (secondary N) is 1. The number of hydrogen-bond acceptors (Lipinski definition) is 4. The molecule has 3 N–H and O–H groups in total. The number of aromatic nitrogens is 2. The highest BCUT2D eigenvalue weighted by Crippen LogP contribution is 2.25. The molecule has 0 aliphatic carbocycles. The van der Waals surface area contributed by atoms with Crippen LogP contribution in [0.5, 0.6) is 5.75 Å². The number of urea groups is 1. The number of hydrogen-bond donors (Lipinski definition) is 2. The summed E-state index contributed by atoms with van der Waals surface area (Å²) in [5.74, 6) is 0.794. The Balaban J connectivity index is 1.65. The number of carbonyl (C=O) groups excluding carboxylic acids is 1. The maximum absolute atomic E-state index is 10.7. The van der Waals surface area contributed by atoms with Gasteiger partial charge in [-0.25, -0.2) is 9.48 Å². The predicted octanol–water partition coefficient (Wildman–Crippen LogP) is 1.64. The van der Waals surface area contributed by atoms with Crippen molar-refractivity contribution in [2.24, 2.45) is 5.73 Å². The molecule has 1 aromatic heterocycles. The zero-order chi connectivity index (χ0) is 17.6. The van der Waals surface area contributed by atoms with Gasteiger partial charge in [-0.05, 0) is 24.1 Å². The van der Waals surface area contributed by atoms with Gasteiger partial charge in [0.1, 0.15) is 11.4 Å². The number of nitrogens with zero attached hydrogens (tertiary/aromatic N) is 3. The quantitative estimate of drug-likeness (QED) is 0.836. The molecule has 132 valence electrons. The first-order valence-corrected chi connectivity index (χ1v) is 8.30. The zero-order valence-electron chi connectivity index (χ0n) is 14.3. The average Bonchev–Trinajstić information content (AvgIpc) is 3.12. The second kappa shape index (κ2) is 7.85. The number of benzene rings is 1. The molecule has 7 heteroatoms. The van der Waals surface area contributed by atoms with Crippen LogP contribution in [0.2, 0.25) is 0 Å². The van der Waals surface area contributed by atoms with E-state index in [9.17, 15) is 4.79 Å². The van der Waals surface area contributed by atoms with Gasteiger partial charge in [-0.2, -0.15) is 5.10 Å². The molecule has 7 nitrogen and oxygen atoms in total. The molecule has 0 atom stereocenters. The van der Waals surface area contributed by atoms with Crippen LogP contribution in [0.15, 0.2) is 42.7 Å². The van der Waals surface area contributed by atoms with E-state index in [0.29, 0.717) is 6.54 Å². The Labute approximate surface area is 147 Å². The minimum atomic E-state index is -0.475. The third kappa shape index (κ3) is 4.19. The lowest BCUT2D eigenvalue weighted by Gasteiger charge is -2.25. The second-order valence-electron chi connectivity index (χ2n) is 5.92. The fourth-order valence-corrected chi connectivity index (χ4v) is 2.95. The number of ether oxygens (including phenoxy) is 1. The lowest BCUT2D eigenvalue weighted by molar-refractivity contribution is 0.244. The van der Waals surface area contributed by atoms with Gasteiger partial charge in [0.05, 0.1) is 13.3 Å². The van der Waals surface area contributed by atoms with E-state index in [-0.39, 0.29) is 0 Å². The van der Waals surface area contributed by atoms with E-state index in [0.717, 1.165) is 43.1 Å². The lowest BCUT2D eigenvalue weighted by Crippen LogP contribution is -2.38. The third-order valence-electron chi connectivity index (χ3n) is 4.31. The van der Waals surface area contributed by atoms with Crippen molar-refractivity contribution in [1.29, 1.82) is 0 Å². The van der Waals surface area contributed by atoms with E-state index in [4.69, 9.17) is 10.5 Å². The van der Waals surface area contributed by atoms with Crippen molar-refractivity contribution in [2.75, 3.05) is 33.3 Å². The number of rotatable bonds is 6. The molecular formula is C18H23N5O2. The van der Waals surface area contributed by atoms with Crippen molar-refractivity contribution in [2.45, 2.75) is 6.42 Å². The van der Waals surface area contributed by atoms with Crippen LogP contribution in [0.3, 0.4) is 0 Å². The van der Waals surface area contributed by atoms with E-state index in [1.165, 1.54) is 5.57 Å². The zero-order valence-corrected chi connectivity index (χ0v) is 14.3. The van der Waals surface area contributed by atoms with Crippen molar-refractivity contribution in [1.82, 2.24) is 20.0 Å². The molecule has 1 aromatic carbocycles. The molecule has 1 aliphatic rings. The van der Waals surface area contributed by atoms with Crippen LogP contribution in [0, 0.1) is 0 Å². The van der Waals surface area contributed by atoms with E-state index in [1.54, 1.807) is 7.11 Å². The van der Waals surface area contributed by atoms with Crippen molar-refractivity contribution in [3.8, 4) is 11.4 Å². The molecular weight excluding hydrogens is 318 g/mol.